The normalized spacial score (nSPS) is 10.2. The highest BCUT2D eigenvalue weighted by Gasteiger charge is 2.17. The molecule has 8 nitrogen and oxygen atoms in total. The molecule has 0 unspecified atom stereocenters. The maximum absolute atomic E-state index is 12.1. The molecule has 0 radical (unpaired) electrons. The number of rotatable bonds is 5. The number of esters is 1. The van der Waals surface area contributed by atoms with Crippen molar-refractivity contribution < 1.29 is 19.1 Å². The summed E-state index contributed by atoms with van der Waals surface area (Å²) in [5, 5.41) is 10.2. The summed E-state index contributed by atoms with van der Waals surface area (Å²) in [6.45, 7) is 2.92. The third-order valence-electron chi connectivity index (χ3n) is 3.22. The predicted molar refractivity (Wildman–Crippen MR) is 81.2 cm³/mol. The molecule has 8 heteroatoms. The van der Waals surface area contributed by atoms with Gasteiger partial charge in [0.2, 0.25) is 5.91 Å². The summed E-state index contributed by atoms with van der Waals surface area (Å²) in [6.07, 6.45) is 0. The summed E-state index contributed by atoms with van der Waals surface area (Å²) >= 11 is 0. The number of benzene rings is 1. The van der Waals surface area contributed by atoms with Gasteiger partial charge in [0.25, 0.3) is 0 Å². The largest absolute Gasteiger partial charge is 0.465 e. The number of ether oxygens (including phenoxy) is 1. The molecule has 0 aliphatic heterocycles. The summed E-state index contributed by atoms with van der Waals surface area (Å²) in [5.41, 5.74) is 1.33. The van der Waals surface area contributed by atoms with Gasteiger partial charge in [-0.2, -0.15) is 0 Å². The first-order valence-corrected chi connectivity index (χ1v) is 6.82. The van der Waals surface area contributed by atoms with Gasteiger partial charge in [-0.1, -0.05) is 17.3 Å². The SMILES string of the molecule is COC(=O)c1ccccc1NC(=O)Cn1nnc(C(C)=O)c1C. The summed E-state index contributed by atoms with van der Waals surface area (Å²) in [7, 11) is 1.27. The van der Waals surface area contributed by atoms with Gasteiger partial charge in [-0.3, -0.25) is 9.59 Å². The fourth-order valence-corrected chi connectivity index (χ4v) is 2.04. The van der Waals surface area contributed by atoms with Crippen LogP contribution in [0.15, 0.2) is 24.3 Å². The Morgan fingerprint density at radius 1 is 1.26 bits per heavy atom. The van der Waals surface area contributed by atoms with Gasteiger partial charge in [0, 0.05) is 6.92 Å². The second kappa shape index (κ2) is 6.82. The molecule has 120 valence electrons. The van der Waals surface area contributed by atoms with E-state index in [0.29, 0.717) is 11.4 Å². The summed E-state index contributed by atoms with van der Waals surface area (Å²) in [5.74, 6) is -1.16. The number of nitrogens with one attached hydrogen (secondary N) is 1. The molecule has 0 spiro atoms. The number of hydrogen-bond donors (Lipinski definition) is 1. The summed E-state index contributed by atoms with van der Waals surface area (Å²) < 4.78 is 6.00. The minimum absolute atomic E-state index is 0.123. The first-order chi connectivity index (χ1) is 10.9. The zero-order chi connectivity index (χ0) is 17.0. The number of amides is 1. The van der Waals surface area contributed by atoms with Crippen LogP contribution in [0.5, 0.6) is 0 Å². The van der Waals surface area contributed by atoms with Crippen LogP contribution in [-0.4, -0.2) is 39.8 Å². The maximum atomic E-state index is 12.1. The maximum Gasteiger partial charge on any atom is 0.339 e. The highest BCUT2D eigenvalue weighted by molar-refractivity contribution is 6.01. The van der Waals surface area contributed by atoms with Gasteiger partial charge in [-0.15, -0.1) is 5.10 Å². The fraction of sp³-hybridized carbons (Fsp3) is 0.267. The van der Waals surface area contributed by atoms with E-state index in [9.17, 15) is 14.4 Å². The average molecular weight is 316 g/mol. The van der Waals surface area contributed by atoms with Gasteiger partial charge in [-0.25, -0.2) is 9.48 Å². The average Bonchev–Trinajstić information content (AvgIpc) is 2.88. The lowest BCUT2D eigenvalue weighted by Crippen LogP contribution is -2.22. The molecule has 1 N–H and O–H groups in total. The van der Waals surface area contributed by atoms with Crippen molar-refractivity contribution in [3.05, 3.63) is 41.2 Å². The second-order valence-electron chi connectivity index (χ2n) is 4.82. The molecule has 0 aliphatic carbocycles. The zero-order valence-electron chi connectivity index (χ0n) is 13.0. The van der Waals surface area contributed by atoms with Crippen LogP contribution in [-0.2, 0) is 16.1 Å². The molecule has 0 fully saturated rings. The number of anilines is 1. The van der Waals surface area contributed by atoms with E-state index in [2.05, 4.69) is 20.4 Å². The molecule has 23 heavy (non-hydrogen) atoms. The first kappa shape index (κ1) is 16.3. The van der Waals surface area contributed by atoms with Crippen molar-refractivity contribution in [2.75, 3.05) is 12.4 Å². The van der Waals surface area contributed by atoms with Gasteiger partial charge in [-0.05, 0) is 19.1 Å². The monoisotopic (exact) mass is 316 g/mol. The standard InChI is InChI=1S/C15H16N4O4/c1-9-14(10(2)20)17-18-19(9)8-13(21)16-12-7-5-4-6-11(12)15(22)23-3/h4-7H,8H2,1-3H3,(H,16,21). The third kappa shape index (κ3) is 3.60. The molecule has 0 atom stereocenters. The van der Waals surface area contributed by atoms with Crippen molar-refractivity contribution in [3.63, 3.8) is 0 Å². The molecule has 1 aromatic carbocycles. The molecule has 0 bridgehead atoms. The molecule has 1 heterocycles. The van der Waals surface area contributed by atoms with Crippen LogP contribution in [0.25, 0.3) is 0 Å². The lowest BCUT2D eigenvalue weighted by molar-refractivity contribution is -0.117. The Bertz CT molecular complexity index is 767. The lowest BCUT2D eigenvalue weighted by atomic mass is 10.2. The van der Waals surface area contributed by atoms with Gasteiger partial charge in [0.05, 0.1) is 24.1 Å². The van der Waals surface area contributed by atoms with Crippen LogP contribution in [0.2, 0.25) is 0 Å². The van der Waals surface area contributed by atoms with E-state index in [-0.39, 0.29) is 23.6 Å². The number of carbonyl (C=O) groups is 3. The Labute approximate surface area is 132 Å². The number of nitrogens with zero attached hydrogens (tertiary/aromatic N) is 3. The molecule has 0 saturated carbocycles. The number of carbonyl (C=O) groups excluding carboxylic acids is 3. The third-order valence-corrected chi connectivity index (χ3v) is 3.22. The van der Waals surface area contributed by atoms with Crippen LogP contribution < -0.4 is 5.32 Å². The van der Waals surface area contributed by atoms with Crippen molar-refractivity contribution >= 4 is 23.3 Å². The first-order valence-electron chi connectivity index (χ1n) is 6.82. The fourth-order valence-electron chi connectivity index (χ4n) is 2.04. The van der Waals surface area contributed by atoms with Crippen molar-refractivity contribution in [2.24, 2.45) is 0 Å². The Balaban J connectivity index is 2.15. The smallest absolute Gasteiger partial charge is 0.339 e. The summed E-state index contributed by atoms with van der Waals surface area (Å²) in [4.78, 5) is 35.1. The van der Waals surface area contributed by atoms with E-state index in [4.69, 9.17) is 0 Å². The van der Waals surface area contributed by atoms with E-state index < -0.39 is 11.9 Å². The Kier molecular flexibility index (Phi) is 4.85. The molecule has 0 aliphatic rings. The quantitative estimate of drug-likeness (QED) is 0.657. The number of aromatic nitrogens is 3. The van der Waals surface area contributed by atoms with Crippen molar-refractivity contribution in [2.45, 2.75) is 20.4 Å². The molecule has 1 amide bonds. The van der Waals surface area contributed by atoms with Gasteiger partial charge < -0.3 is 10.1 Å². The molecule has 2 rings (SSSR count). The van der Waals surface area contributed by atoms with Crippen LogP contribution in [0.3, 0.4) is 0 Å². The van der Waals surface area contributed by atoms with Gasteiger partial charge in [0.1, 0.15) is 6.54 Å². The molecule has 1 aromatic heterocycles. The van der Waals surface area contributed by atoms with Crippen molar-refractivity contribution in [1.82, 2.24) is 15.0 Å². The van der Waals surface area contributed by atoms with E-state index in [1.165, 1.54) is 18.7 Å². The molecule has 0 saturated heterocycles. The highest BCUT2D eigenvalue weighted by atomic mass is 16.5. The van der Waals surface area contributed by atoms with Crippen LogP contribution in [0, 0.1) is 6.92 Å². The second-order valence-corrected chi connectivity index (χ2v) is 4.82. The van der Waals surface area contributed by atoms with Crippen LogP contribution >= 0.6 is 0 Å². The summed E-state index contributed by atoms with van der Waals surface area (Å²) in [6, 6.07) is 6.51. The zero-order valence-corrected chi connectivity index (χ0v) is 13.0. The number of ketones is 1. The number of para-hydroxylation sites is 1. The van der Waals surface area contributed by atoms with E-state index in [0.717, 1.165) is 0 Å². The number of hydrogen-bond acceptors (Lipinski definition) is 6. The molecule has 2 aromatic rings. The topological polar surface area (TPSA) is 103 Å². The Morgan fingerprint density at radius 2 is 1.96 bits per heavy atom. The lowest BCUT2D eigenvalue weighted by Gasteiger charge is -2.10. The van der Waals surface area contributed by atoms with E-state index in [1.54, 1.807) is 31.2 Å². The van der Waals surface area contributed by atoms with Crippen LogP contribution in [0.1, 0.15) is 33.5 Å². The van der Waals surface area contributed by atoms with E-state index >= 15 is 0 Å². The van der Waals surface area contributed by atoms with Crippen molar-refractivity contribution in [1.29, 1.82) is 0 Å². The Morgan fingerprint density at radius 3 is 2.57 bits per heavy atom. The minimum atomic E-state index is -0.545. The van der Waals surface area contributed by atoms with Crippen LogP contribution in [0.4, 0.5) is 5.69 Å². The molecular formula is C15H16N4O4. The van der Waals surface area contributed by atoms with E-state index in [1.807, 2.05) is 0 Å². The highest BCUT2D eigenvalue weighted by Crippen LogP contribution is 2.16. The van der Waals surface area contributed by atoms with Gasteiger partial charge in [0.15, 0.2) is 11.5 Å². The van der Waals surface area contributed by atoms with Crippen molar-refractivity contribution in [3.8, 4) is 0 Å². The Hall–Kier alpha value is -3.03. The minimum Gasteiger partial charge on any atom is -0.465 e. The molecular weight excluding hydrogens is 300 g/mol. The van der Waals surface area contributed by atoms with Gasteiger partial charge >= 0.3 is 5.97 Å². The number of Topliss-reactive ketones (excluding diaryl/α,β-unsaturated/α-hetero) is 1. The number of methoxy groups -OCH3 is 1. The predicted octanol–water partition coefficient (Wildman–Crippen LogP) is 1.21.